The van der Waals surface area contributed by atoms with Crippen LogP contribution < -0.4 is 5.32 Å². The van der Waals surface area contributed by atoms with Gasteiger partial charge in [-0.15, -0.1) is 0 Å². The molecule has 0 aliphatic heterocycles. The van der Waals surface area contributed by atoms with Crippen LogP contribution in [-0.4, -0.2) is 7.05 Å². The summed E-state index contributed by atoms with van der Waals surface area (Å²) in [7, 11) is 2.07. The number of benzene rings is 2. The Hall–Kier alpha value is -1.31. The minimum atomic E-state index is 0.383. The van der Waals surface area contributed by atoms with E-state index in [0.29, 0.717) is 12.0 Å². The van der Waals surface area contributed by atoms with E-state index in [1.54, 1.807) is 0 Å². The van der Waals surface area contributed by atoms with Gasteiger partial charge in [0.2, 0.25) is 0 Å². The van der Waals surface area contributed by atoms with Crippen LogP contribution in [0.5, 0.6) is 0 Å². The lowest BCUT2D eigenvalue weighted by Gasteiger charge is -2.26. The van der Waals surface area contributed by atoms with Crippen molar-refractivity contribution < 1.29 is 0 Å². The van der Waals surface area contributed by atoms with Gasteiger partial charge in [-0.2, -0.15) is 0 Å². The lowest BCUT2D eigenvalue weighted by Crippen LogP contribution is -2.26. The van der Waals surface area contributed by atoms with E-state index in [4.69, 9.17) is 11.6 Å². The number of nitrogens with one attached hydrogen (secondary N) is 1. The smallest absolute Gasteiger partial charge is 0.0438 e. The second-order valence-corrected chi connectivity index (χ2v) is 6.57. The first-order valence-corrected chi connectivity index (χ1v) is 7.98. The van der Waals surface area contributed by atoms with Gasteiger partial charge in [0, 0.05) is 11.1 Å². The third kappa shape index (κ3) is 2.73. The van der Waals surface area contributed by atoms with Crippen molar-refractivity contribution in [2.45, 2.75) is 32.7 Å². The van der Waals surface area contributed by atoms with Crippen molar-refractivity contribution in [1.29, 1.82) is 0 Å². The molecular weight excluding hydrogens is 278 g/mol. The van der Waals surface area contributed by atoms with Crippen LogP contribution in [-0.2, 0) is 12.8 Å². The molecule has 3 rings (SSSR count). The largest absolute Gasteiger partial charge is 0.313 e. The molecular formula is C19H22ClN. The second kappa shape index (κ2) is 5.82. The Morgan fingerprint density at radius 2 is 1.67 bits per heavy atom. The molecule has 0 bridgehead atoms. The zero-order valence-electron chi connectivity index (χ0n) is 12.9. The molecule has 0 radical (unpaired) electrons. The molecule has 0 amide bonds. The topological polar surface area (TPSA) is 12.0 Å². The van der Waals surface area contributed by atoms with Gasteiger partial charge in [0.05, 0.1) is 0 Å². The van der Waals surface area contributed by atoms with Crippen LogP contribution in [0, 0.1) is 19.8 Å². The summed E-state index contributed by atoms with van der Waals surface area (Å²) >= 11 is 6.25. The monoisotopic (exact) mass is 299 g/mol. The number of halogens is 1. The third-order valence-electron chi connectivity index (χ3n) is 4.75. The molecule has 1 aliphatic rings. The Morgan fingerprint density at radius 1 is 1.05 bits per heavy atom. The molecule has 1 N–H and O–H groups in total. The predicted molar refractivity (Wildman–Crippen MR) is 90.1 cm³/mol. The zero-order chi connectivity index (χ0) is 15.0. The summed E-state index contributed by atoms with van der Waals surface area (Å²) in [5, 5.41) is 4.40. The maximum absolute atomic E-state index is 6.25. The van der Waals surface area contributed by atoms with Gasteiger partial charge >= 0.3 is 0 Å². The maximum atomic E-state index is 6.25. The molecule has 0 spiro atoms. The molecule has 0 saturated carbocycles. The van der Waals surface area contributed by atoms with E-state index in [0.717, 1.165) is 23.4 Å². The van der Waals surface area contributed by atoms with E-state index in [-0.39, 0.29) is 0 Å². The predicted octanol–water partition coefficient (Wildman–Crippen LogP) is 4.63. The Bertz CT molecular complexity index is 638. The maximum Gasteiger partial charge on any atom is 0.0438 e. The first kappa shape index (κ1) is 14.6. The van der Waals surface area contributed by atoms with Crippen molar-refractivity contribution in [1.82, 2.24) is 5.32 Å². The fourth-order valence-electron chi connectivity index (χ4n) is 3.61. The SMILES string of the molecule is CNC(c1cc(C)c(Cl)cc1C)C1Cc2ccccc2C1. The van der Waals surface area contributed by atoms with Gasteiger partial charge in [-0.3, -0.25) is 0 Å². The van der Waals surface area contributed by atoms with E-state index >= 15 is 0 Å². The van der Waals surface area contributed by atoms with Crippen molar-refractivity contribution in [3.05, 3.63) is 69.2 Å². The van der Waals surface area contributed by atoms with Crippen molar-refractivity contribution in [2.75, 3.05) is 7.05 Å². The Kier molecular flexibility index (Phi) is 4.05. The highest BCUT2D eigenvalue weighted by Gasteiger charge is 2.29. The Labute approximate surface area is 132 Å². The molecule has 0 heterocycles. The molecule has 21 heavy (non-hydrogen) atoms. The average Bonchev–Trinajstić information content (AvgIpc) is 2.88. The molecule has 2 heteroatoms. The average molecular weight is 300 g/mol. The van der Waals surface area contributed by atoms with Crippen LogP contribution in [0.4, 0.5) is 0 Å². The van der Waals surface area contributed by atoms with Crippen LogP contribution in [0.15, 0.2) is 36.4 Å². The van der Waals surface area contributed by atoms with E-state index in [1.165, 1.54) is 22.3 Å². The van der Waals surface area contributed by atoms with Gasteiger partial charge in [0.25, 0.3) is 0 Å². The minimum absolute atomic E-state index is 0.383. The van der Waals surface area contributed by atoms with Crippen LogP contribution in [0.2, 0.25) is 5.02 Å². The summed E-state index contributed by atoms with van der Waals surface area (Å²) in [5.41, 5.74) is 6.84. The number of hydrogen-bond acceptors (Lipinski definition) is 1. The number of rotatable bonds is 3. The van der Waals surface area contributed by atoms with Gasteiger partial charge in [-0.25, -0.2) is 0 Å². The molecule has 0 saturated heterocycles. The molecule has 0 fully saturated rings. The Morgan fingerprint density at radius 3 is 2.24 bits per heavy atom. The quantitative estimate of drug-likeness (QED) is 0.871. The number of fused-ring (bicyclic) bond motifs is 1. The van der Waals surface area contributed by atoms with E-state index in [2.05, 4.69) is 62.6 Å². The molecule has 1 nitrogen and oxygen atoms in total. The standard InChI is InChI=1S/C19H22ClN/c1-12-9-18(20)13(2)8-17(12)19(21-3)16-10-14-6-4-5-7-15(14)11-16/h4-9,16,19,21H,10-11H2,1-3H3. The van der Waals surface area contributed by atoms with Gasteiger partial charge in [0.15, 0.2) is 0 Å². The summed E-state index contributed by atoms with van der Waals surface area (Å²) in [6, 6.07) is 13.6. The van der Waals surface area contributed by atoms with E-state index in [9.17, 15) is 0 Å². The van der Waals surface area contributed by atoms with Crippen molar-refractivity contribution in [3.8, 4) is 0 Å². The first-order chi connectivity index (χ1) is 10.1. The van der Waals surface area contributed by atoms with Crippen molar-refractivity contribution in [2.24, 2.45) is 5.92 Å². The molecule has 2 aromatic rings. The summed E-state index contributed by atoms with van der Waals surface area (Å²) in [4.78, 5) is 0. The Balaban J connectivity index is 1.92. The normalized spacial score (nSPS) is 16.0. The summed E-state index contributed by atoms with van der Waals surface area (Å²) in [6.45, 7) is 4.24. The highest BCUT2D eigenvalue weighted by atomic mass is 35.5. The van der Waals surface area contributed by atoms with Crippen LogP contribution in [0.1, 0.15) is 33.9 Å². The molecule has 2 aromatic carbocycles. The second-order valence-electron chi connectivity index (χ2n) is 6.16. The fourth-order valence-corrected chi connectivity index (χ4v) is 3.83. The molecule has 110 valence electrons. The zero-order valence-corrected chi connectivity index (χ0v) is 13.7. The van der Waals surface area contributed by atoms with Gasteiger partial charge in [-0.1, -0.05) is 41.9 Å². The van der Waals surface area contributed by atoms with Crippen molar-refractivity contribution >= 4 is 11.6 Å². The first-order valence-electron chi connectivity index (χ1n) is 7.61. The van der Waals surface area contributed by atoms with Gasteiger partial charge in [-0.05, 0) is 73.5 Å². The van der Waals surface area contributed by atoms with Crippen LogP contribution in [0.25, 0.3) is 0 Å². The van der Waals surface area contributed by atoms with Gasteiger partial charge in [0.1, 0.15) is 0 Å². The summed E-state index contributed by atoms with van der Waals surface area (Å²) in [6.07, 6.45) is 2.31. The lowest BCUT2D eigenvalue weighted by molar-refractivity contribution is 0.395. The molecule has 1 aliphatic carbocycles. The fraction of sp³-hybridized carbons (Fsp3) is 0.368. The lowest BCUT2D eigenvalue weighted by atomic mass is 9.87. The molecule has 0 aromatic heterocycles. The molecule has 1 atom stereocenters. The number of hydrogen-bond donors (Lipinski definition) is 1. The molecule has 1 unspecified atom stereocenters. The highest BCUT2D eigenvalue weighted by Crippen LogP contribution is 2.37. The van der Waals surface area contributed by atoms with Crippen LogP contribution >= 0.6 is 11.6 Å². The van der Waals surface area contributed by atoms with Crippen LogP contribution in [0.3, 0.4) is 0 Å². The third-order valence-corrected chi connectivity index (χ3v) is 5.15. The minimum Gasteiger partial charge on any atom is -0.313 e. The number of aryl methyl sites for hydroxylation is 2. The summed E-state index contributed by atoms with van der Waals surface area (Å²) in [5.74, 6) is 0.617. The highest BCUT2D eigenvalue weighted by molar-refractivity contribution is 6.31. The van der Waals surface area contributed by atoms with E-state index in [1.807, 2.05) is 0 Å². The van der Waals surface area contributed by atoms with E-state index < -0.39 is 0 Å². The van der Waals surface area contributed by atoms with Crippen molar-refractivity contribution in [3.63, 3.8) is 0 Å². The van der Waals surface area contributed by atoms with Gasteiger partial charge < -0.3 is 5.32 Å². The summed E-state index contributed by atoms with van der Waals surface area (Å²) < 4.78 is 0.